The zero-order valence-corrected chi connectivity index (χ0v) is 12.1. The lowest BCUT2D eigenvalue weighted by Crippen LogP contribution is -2.34. The van der Waals surface area contributed by atoms with Crippen LogP contribution in [0.5, 0.6) is 0 Å². The highest BCUT2D eigenvalue weighted by atomic mass is 16.1. The van der Waals surface area contributed by atoms with E-state index in [1.807, 2.05) is 6.92 Å². The minimum absolute atomic E-state index is 0.0727. The Kier molecular flexibility index (Phi) is 5.14. The monoisotopic (exact) mass is 263 g/mol. The number of hydrogen-bond donors (Lipinski definition) is 1. The largest absolute Gasteiger partial charge is 0.314 e. The van der Waals surface area contributed by atoms with Crippen molar-refractivity contribution in [3.8, 4) is 0 Å². The molecule has 4 heteroatoms. The lowest BCUT2D eigenvalue weighted by Gasteiger charge is -2.21. The van der Waals surface area contributed by atoms with Crippen LogP contribution < -0.4 is 10.9 Å². The summed E-state index contributed by atoms with van der Waals surface area (Å²) in [5.41, 5.74) is 0.869. The maximum absolute atomic E-state index is 11.8. The van der Waals surface area contributed by atoms with Crippen molar-refractivity contribution in [1.29, 1.82) is 0 Å². The Morgan fingerprint density at radius 2 is 2.32 bits per heavy atom. The van der Waals surface area contributed by atoms with E-state index in [0.29, 0.717) is 12.0 Å². The summed E-state index contributed by atoms with van der Waals surface area (Å²) < 4.78 is 1.74. The molecule has 1 aliphatic carbocycles. The molecule has 0 aliphatic heterocycles. The van der Waals surface area contributed by atoms with E-state index < -0.39 is 0 Å². The van der Waals surface area contributed by atoms with Crippen LogP contribution in [0.15, 0.2) is 17.2 Å². The van der Waals surface area contributed by atoms with Crippen LogP contribution in [0.3, 0.4) is 0 Å². The fourth-order valence-electron chi connectivity index (χ4n) is 2.97. The van der Waals surface area contributed by atoms with Crippen molar-refractivity contribution >= 4 is 0 Å². The Hall–Kier alpha value is -1.16. The summed E-state index contributed by atoms with van der Waals surface area (Å²) >= 11 is 0. The Balaban J connectivity index is 1.88. The molecule has 2 rings (SSSR count). The van der Waals surface area contributed by atoms with Gasteiger partial charge in [-0.2, -0.15) is 0 Å². The number of hydrogen-bond acceptors (Lipinski definition) is 3. The first-order valence-electron chi connectivity index (χ1n) is 7.47. The molecule has 1 N–H and O–H groups in total. The Bertz CT molecular complexity index is 455. The summed E-state index contributed by atoms with van der Waals surface area (Å²) in [5, 5.41) is 3.64. The molecule has 1 aliphatic rings. The van der Waals surface area contributed by atoms with Crippen molar-refractivity contribution in [3.63, 3.8) is 0 Å². The molecule has 106 valence electrons. The van der Waals surface area contributed by atoms with Gasteiger partial charge in [0.05, 0.1) is 6.33 Å². The molecule has 4 nitrogen and oxygen atoms in total. The van der Waals surface area contributed by atoms with Crippen LogP contribution in [0.4, 0.5) is 0 Å². The van der Waals surface area contributed by atoms with Gasteiger partial charge < -0.3 is 5.32 Å². The van der Waals surface area contributed by atoms with Gasteiger partial charge in [-0.05, 0) is 45.1 Å². The highest BCUT2D eigenvalue weighted by Gasteiger charge is 2.26. The third-order valence-corrected chi connectivity index (χ3v) is 4.07. The van der Waals surface area contributed by atoms with Crippen LogP contribution in [0.2, 0.25) is 0 Å². The molecule has 0 amide bonds. The van der Waals surface area contributed by atoms with Crippen molar-refractivity contribution in [3.05, 3.63) is 28.4 Å². The first-order valence-corrected chi connectivity index (χ1v) is 7.47. The zero-order chi connectivity index (χ0) is 13.7. The molecule has 0 bridgehead atoms. The number of rotatable bonds is 6. The van der Waals surface area contributed by atoms with Crippen LogP contribution in [0.25, 0.3) is 0 Å². The topological polar surface area (TPSA) is 46.9 Å². The highest BCUT2D eigenvalue weighted by molar-refractivity contribution is 4.96. The fourth-order valence-corrected chi connectivity index (χ4v) is 2.97. The minimum atomic E-state index is 0.0727. The SMILES string of the molecule is CCCNC1CCCC1CCn1cnc(C)cc1=O. The minimum Gasteiger partial charge on any atom is -0.314 e. The second-order valence-electron chi connectivity index (χ2n) is 5.60. The summed E-state index contributed by atoms with van der Waals surface area (Å²) in [4.78, 5) is 16.0. The first kappa shape index (κ1) is 14.3. The normalized spacial score (nSPS) is 22.8. The zero-order valence-electron chi connectivity index (χ0n) is 12.1. The lowest BCUT2D eigenvalue weighted by molar-refractivity contribution is 0.358. The maximum atomic E-state index is 11.8. The van der Waals surface area contributed by atoms with Gasteiger partial charge in [-0.25, -0.2) is 4.98 Å². The molecule has 1 heterocycles. The van der Waals surface area contributed by atoms with Crippen molar-refractivity contribution < 1.29 is 0 Å². The summed E-state index contributed by atoms with van der Waals surface area (Å²) in [6, 6.07) is 2.26. The number of nitrogens with zero attached hydrogens (tertiary/aromatic N) is 2. The summed E-state index contributed by atoms with van der Waals surface area (Å²) in [7, 11) is 0. The van der Waals surface area contributed by atoms with E-state index in [0.717, 1.165) is 25.2 Å². The third kappa shape index (κ3) is 3.90. The van der Waals surface area contributed by atoms with Crippen LogP contribution >= 0.6 is 0 Å². The van der Waals surface area contributed by atoms with Gasteiger partial charge in [0.2, 0.25) is 0 Å². The molecule has 0 radical (unpaired) electrons. The standard InChI is InChI=1S/C15H25N3O/c1-3-8-16-14-6-4-5-13(14)7-9-18-11-17-12(2)10-15(18)19/h10-11,13-14,16H,3-9H2,1-2H3. The van der Waals surface area contributed by atoms with Crippen molar-refractivity contribution in [2.75, 3.05) is 6.54 Å². The molecular formula is C15H25N3O. The quantitative estimate of drug-likeness (QED) is 0.855. The van der Waals surface area contributed by atoms with E-state index in [2.05, 4.69) is 17.2 Å². The van der Waals surface area contributed by atoms with Gasteiger partial charge in [0.15, 0.2) is 0 Å². The lowest BCUT2D eigenvalue weighted by atomic mass is 9.99. The molecule has 19 heavy (non-hydrogen) atoms. The second kappa shape index (κ2) is 6.85. The van der Waals surface area contributed by atoms with Gasteiger partial charge >= 0.3 is 0 Å². The van der Waals surface area contributed by atoms with Gasteiger partial charge in [-0.15, -0.1) is 0 Å². The van der Waals surface area contributed by atoms with Crippen LogP contribution in [-0.4, -0.2) is 22.1 Å². The molecular weight excluding hydrogens is 238 g/mol. The summed E-state index contributed by atoms with van der Waals surface area (Å²) in [6.45, 7) is 5.95. The van der Waals surface area contributed by atoms with Crippen molar-refractivity contribution in [2.24, 2.45) is 5.92 Å². The predicted octanol–water partition coefficient (Wildman–Crippen LogP) is 2.11. The van der Waals surface area contributed by atoms with Gasteiger partial charge in [-0.1, -0.05) is 13.3 Å². The Morgan fingerprint density at radius 3 is 3.05 bits per heavy atom. The molecule has 2 unspecified atom stereocenters. The average Bonchev–Trinajstić information content (AvgIpc) is 2.83. The molecule has 1 fully saturated rings. The van der Waals surface area contributed by atoms with Crippen LogP contribution in [0.1, 0.15) is 44.7 Å². The number of aryl methyl sites for hydroxylation is 2. The van der Waals surface area contributed by atoms with Crippen LogP contribution in [0, 0.1) is 12.8 Å². The van der Waals surface area contributed by atoms with Crippen molar-refractivity contribution in [2.45, 2.75) is 58.5 Å². The first-order chi connectivity index (χ1) is 9.20. The second-order valence-corrected chi connectivity index (χ2v) is 5.60. The molecule has 0 saturated heterocycles. The van der Waals surface area contributed by atoms with Gasteiger partial charge in [-0.3, -0.25) is 9.36 Å². The average molecular weight is 263 g/mol. The van der Waals surface area contributed by atoms with E-state index in [4.69, 9.17) is 0 Å². The van der Waals surface area contributed by atoms with Gasteiger partial charge in [0, 0.05) is 24.3 Å². The highest BCUT2D eigenvalue weighted by Crippen LogP contribution is 2.28. The van der Waals surface area contributed by atoms with E-state index in [1.54, 1.807) is 17.0 Å². The summed E-state index contributed by atoms with van der Waals surface area (Å²) in [6.07, 6.45) is 7.83. The molecule has 1 saturated carbocycles. The fraction of sp³-hybridized carbons (Fsp3) is 0.733. The molecule has 1 aromatic rings. The van der Waals surface area contributed by atoms with E-state index in [9.17, 15) is 4.79 Å². The molecule has 0 spiro atoms. The maximum Gasteiger partial charge on any atom is 0.253 e. The van der Waals surface area contributed by atoms with Gasteiger partial charge in [0.1, 0.15) is 0 Å². The number of nitrogens with one attached hydrogen (secondary N) is 1. The molecule has 2 atom stereocenters. The van der Waals surface area contributed by atoms with E-state index >= 15 is 0 Å². The van der Waals surface area contributed by atoms with Crippen LogP contribution in [-0.2, 0) is 6.54 Å². The smallest absolute Gasteiger partial charge is 0.253 e. The predicted molar refractivity (Wildman–Crippen MR) is 77.3 cm³/mol. The van der Waals surface area contributed by atoms with E-state index in [1.165, 1.54) is 25.7 Å². The van der Waals surface area contributed by atoms with Gasteiger partial charge in [0.25, 0.3) is 5.56 Å². The Morgan fingerprint density at radius 1 is 1.47 bits per heavy atom. The molecule has 0 aromatic carbocycles. The summed E-state index contributed by atoms with van der Waals surface area (Å²) in [5.74, 6) is 0.708. The Labute approximate surface area is 115 Å². The third-order valence-electron chi connectivity index (χ3n) is 4.07. The van der Waals surface area contributed by atoms with Crippen molar-refractivity contribution in [1.82, 2.24) is 14.9 Å². The number of aromatic nitrogens is 2. The van der Waals surface area contributed by atoms with E-state index in [-0.39, 0.29) is 5.56 Å². The molecule has 1 aromatic heterocycles.